The Bertz CT molecular complexity index is 933. The van der Waals surface area contributed by atoms with Gasteiger partial charge >= 0.3 is 0 Å². The molecular weight excluding hydrogens is 300 g/mol. The highest BCUT2D eigenvalue weighted by Gasteiger charge is 2.14. The molecule has 0 fully saturated rings. The molecule has 0 bridgehead atoms. The average Bonchev–Trinajstić information content (AvgIpc) is 2.96. The topological polar surface area (TPSA) is 81.6 Å². The molecule has 2 N–H and O–H groups in total. The van der Waals surface area contributed by atoms with Crippen LogP contribution in [0.5, 0.6) is 0 Å². The fraction of sp³-hybridized carbons (Fsp3) is 0.105. The summed E-state index contributed by atoms with van der Waals surface area (Å²) < 4.78 is 0. The number of anilines is 2. The third-order valence-electron chi connectivity index (χ3n) is 3.76. The lowest BCUT2D eigenvalue weighted by atomic mass is 10.0. The second kappa shape index (κ2) is 6.39. The predicted octanol–water partition coefficient (Wildman–Crippen LogP) is 4.20. The van der Waals surface area contributed by atoms with E-state index in [1.165, 1.54) is 6.92 Å². The molecule has 0 atom stereocenters. The van der Waals surface area contributed by atoms with Gasteiger partial charge in [0.2, 0.25) is 0 Å². The summed E-state index contributed by atoms with van der Waals surface area (Å²) in [6.07, 6.45) is 0. The van der Waals surface area contributed by atoms with E-state index in [2.05, 4.69) is 21.6 Å². The zero-order chi connectivity index (χ0) is 17.1. The zero-order valence-electron chi connectivity index (χ0n) is 13.4. The largest absolute Gasteiger partial charge is 0.352 e. The van der Waals surface area contributed by atoms with Crippen molar-refractivity contribution in [2.45, 2.75) is 13.8 Å². The van der Waals surface area contributed by atoms with E-state index in [4.69, 9.17) is 5.26 Å². The van der Waals surface area contributed by atoms with Gasteiger partial charge in [-0.25, -0.2) is 0 Å². The minimum Gasteiger partial charge on any atom is -0.352 e. The van der Waals surface area contributed by atoms with Crippen LogP contribution < -0.4 is 5.32 Å². The van der Waals surface area contributed by atoms with Crippen molar-refractivity contribution in [1.82, 2.24) is 10.2 Å². The minimum atomic E-state index is -0.0925. The minimum absolute atomic E-state index is 0.0925. The Balaban J connectivity index is 1.92. The summed E-state index contributed by atoms with van der Waals surface area (Å²) in [5.41, 5.74) is 5.44. The van der Waals surface area contributed by atoms with Crippen LogP contribution in [0.3, 0.4) is 0 Å². The van der Waals surface area contributed by atoms with Crippen LogP contribution in [0.1, 0.15) is 28.7 Å². The van der Waals surface area contributed by atoms with E-state index >= 15 is 0 Å². The first-order valence-corrected chi connectivity index (χ1v) is 7.52. The molecule has 1 aromatic heterocycles. The van der Waals surface area contributed by atoms with E-state index in [1.54, 1.807) is 12.1 Å². The molecule has 0 aliphatic heterocycles. The molecule has 5 nitrogen and oxygen atoms in total. The van der Waals surface area contributed by atoms with Crippen molar-refractivity contribution in [3.05, 3.63) is 65.5 Å². The fourth-order valence-corrected chi connectivity index (χ4v) is 2.49. The van der Waals surface area contributed by atoms with Crippen molar-refractivity contribution in [3.8, 4) is 17.2 Å². The van der Waals surface area contributed by atoms with E-state index in [0.717, 1.165) is 22.5 Å². The number of aromatic nitrogens is 2. The molecule has 0 unspecified atom stereocenters. The summed E-state index contributed by atoms with van der Waals surface area (Å²) in [6.45, 7) is 3.36. The van der Waals surface area contributed by atoms with Gasteiger partial charge in [-0.1, -0.05) is 24.3 Å². The highest BCUT2D eigenvalue weighted by Crippen LogP contribution is 2.27. The van der Waals surface area contributed by atoms with Crippen molar-refractivity contribution in [2.24, 2.45) is 0 Å². The summed E-state index contributed by atoms with van der Waals surface area (Å²) in [6, 6.07) is 17.4. The Labute approximate surface area is 140 Å². The maximum atomic E-state index is 11.7. The Kier molecular flexibility index (Phi) is 4.13. The lowest BCUT2D eigenvalue weighted by Gasteiger charge is -2.09. The van der Waals surface area contributed by atoms with Gasteiger partial charge in [-0.05, 0) is 42.3 Å². The van der Waals surface area contributed by atoms with Crippen LogP contribution >= 0.6 is 0 Å². The number of hydrogen-bond acceptors (Lipinski definition) is 4. The van der Waals surface area contributed by atoms with Crippen molar-refractivity contribution >= 4 is 17.2 Å². The molecule has 0 aliphatic rings. The van der Waals surface area contributed by atoms with Crippen LogP contribution in [0, 0.1) is 18.3 Å². The van der Waals surface area contributed by atoms with Crippen LogP contribution in [0.15, 0.2) is 48.5 Å². The third kappa shape index (κ3) is 3.03. The maximum Gasteiger partial charge on any atom is 0.182 e. The van der Waals surface area contributed by atoms with Gasteiger partial charge < -0.3 is 5.32 Å². The number of aryl methyl sites for hydroxylation is 1. The lowest BCUT2D eigenvalue weighted by Crippen LogP contribution is -2.00. The molecule has 0 amide bonds. The number of nitrogens with one attached hydrogen (secondary N) is 2. The predicted molar refractivity (Wildman–Crippen MR) is 93.2 cm³/mol. The molecule has 5 heteroatoms. The number of nitriles is 1. The number of benzene rings is 2. The van der Waals surface area contributed by atoms with Gasteiger partial charge in [0.1, 0.15) is 0 Å². The summed E-state index contributed by atoms with van der Waals surface area (Å²) in [5.74, 6) is -0.0925. The molecule has 118 valence electrons. The van der Waals surface area contributed by atoms with E-state index in [0.29, 0.717) is 16.9 Å². The van der Waals surface area contributed by atoms with Crippen LogP contribution in [-0.4, -0.2) is 16.0 Å². The molecule has 0 radical (unpaired) electrons. The number of carbonyl (C=O) groups is 1. The molecule has 1 heterocycles. The summed E-state index contributed by atoms with van der Waals surface area (Å²) in [5, 5.41) is 19.0. The standard InChI is InChI=1S/C19H16N4O/c1-12-18(19(13(2)24)23-22-12)21-17-5-3-4-16(10-17)15-8-6-14(11-20)7-9-15/h3-10,21H,1-2H3,(H,22,23). The molecule has 0 aliphatic carbocycles. The number of carbonyl (C=O) groups excluding carboxylic acids is 1. The number of rotatable bonds is 4. The van der Waals surface area contributed by atoms with E-state index < -0.39 is 0 Å². The first kappa shape index (κ1) is 15.5. The second-order valence-corrected chi connectivity index (χ2v) is 5.52. The fourth-order valence-electron chi connectivity index (χ4n) is 2.49. The Hall–Kier alpha value is -3.39. The summed E-state index contributed by atoms with van der Waals surface area (Å²) in [7, 11) is 0. The van der Waals surface area contributed by atoms with Crippen LogP contribution in [0.25, 0.3) is 11.1 Å². The SMILES string of the molecule is CC(=O)c1n[nH]c(C)c1Nc1cccc(-c2ccc(C#N)cc2)c1. The quantitative estimate of drug-likeness (QED) is 0.707. The zero-order valence-corrected chi connectivity index (χ0v) is 13.4. The molecule has 3 aromatic rings. The molecule has 0 saturated heterocycles. The lowest BCUT2D eigenvalue weighted by molar-refractivity contribution is 0.101. The van der Waals surface area contributed by atoms with Crippen LogP contribution in [-0.2, 0) is 0 Å². The average molecular weight is 316 g/mol. The number of ketones is 1. The normalized spacial score (nSPS) is 10.2. The molecule has 0 saturated carbocycles. The monoisotopic (exact) mass is 316 g/mol. The van der Waals surface area contributed by atoms with Crippen molar-refractivity contribution in [1.29, 1.82) is 5.26 Å². The molecule has 24 heavy (non-hydrogen) atoms. The molecular formula is C19H16N4O. The highest BCUT2D eigenvalue weighted by molar-refractivity contribution is 5.98. The maximum absolute atomic E-state index is 11.7. The molecule has 3 rings (SSSR count). The summed E-state index contributed by atoms with van der Waals surface area (Å²) in [4.78, 5) is 11.7. The van der Waals surface area contributed by atoms with Crippen LogP contribution in [0.2, 0.25) is 0 Å². The number of H-pyrrole nitrogens is 1. The molecule has 0 spiro atoms. The first-order chi connectivity index (χ1) is 11.6. The van der Waals surface area contributed by atoms with Gasteiger partial charge in [-0.15, -0.1) is 0 Å². The third-order valence-corrected chi connectivity index (χ3v) is 3.76. The van der Waals surface area contributed by atoms with Gasteiger partial charge in [0, 0.05) is 12.6 Å². The van der Waals surface area contributed by atoms with E-state index in [-0.39, 0.29) is 5.78 Å². The van der Waals surface area contributed by atoms with Crippen molar-refractivity contribution in [3.63, 3.8) is 0 Å². The van der Waals surface area contributed by atoms with Gasteiger partial charge in [0.15, 0.2) is 11.5 Å². The van der Waals surface area contributed by atoms with Crippen molar-refractivity contribution < 1.29 is 4.79 Å². The second-order valence-electron chi connectivity index (χ2n) is 5.52. The van der Waals surface area contributed by atoms with E-state index in [9.17, 15) is 4.79 Å². The van der Waals surface area contributed by atoms with Gasteiger partial charge in [-0.3, -0.25) is 9.89 Å². The molecule has 2 aromatic carbocycles. The Morgan fingerprint density at radius 2 is 1.92 bits per heavy atom. The Morgan fingerprint density at radius 3 is 2.58 bits per heavy atom. The van der Waals surface area contributed by atoms with Gasteiger partial charge in [0.05, 0.1) is 23.0 Å². The Morgan fingerprint density at radius 1 is 1.17 bits per heavy atom. The highest BCUT2D eigenvalue weighted by atomic mass is 16.1. The van der Waals surface area contributed by atoms with Gasteiger partial charge in [0.25, 0.3) is 0 Å². The smallest absolute Gasteiger partial charge is 0.182 e. The summed E-state index contributed by atoms with van der Waals surface area (Å²) >= 11 is 0. The van der Waals surface area contributed by atoms with Gasteiger partial charge in [-0.2, -0.15) is 10.4 Å². The van der Waals surface area contributed by atoms with Crippen molar-refractivity contribution in [2.75, 3.05) is 5.32 Å². The van der Waals surface area contributed by atoms with E-state index in [1.807, 2.05) is 43.3 Å². The van der Waals surface area contributed by atoms with Crippen LogP contribution in [0.4, 0.5) is 11.4 Å². The number of aromatic amines is 1. The number of Topliss-reactive ketones (excluding diaryl/α,β-unsaturated/α-hetero) is 1. The number of nitrogens with zero attached hydrogens (tertiary/aromatic N) is 2. The first-order valence-electron chi connectivity index (χ1n) is 7.52. The number of hydrogen-bond donors (Lipinski definition) is 2.